The van der Waals surface area contributed by atoms with Gasteiger partial charge < -0.3 is 5.32 Å². The number of nitrogens with zero attached hydrogens (tertiary/aromatic N) is 2. The number of hydrogen-bond donors (Lipinski definition) is 1. The van der Waals surface area contributed by atoms with Gasteiger partial charge in [-0.2, -0.15) is 0 Å². The van der Waals surface area contributed by atoms with Crippen LogP contribution in [0.25, 0.3) is 10.8 Å². The lowest BCUT2D eigenvalue weighted by Gasteiger charge is -2.18. The number of nitrogens with one attached hydrogen (secondary N) is 1. The molecule has 1 aromatic heterocycles. The molecule has 128 valence electrons. The topological polar surface area (TPSA) is 28.2 Å². The van der Waals surface area contributed by atoms with E-state index in [2.05, 4.69) is 70.0 Å². The summed E-state index contributed by atoms with van der Waals surface area (Å²) in [6.45, 7) is 3.27. The second-order valence-electron chi connectivity index (χ2n) is 6.62. The van der Waals surface area contributed by atoms with Crippen molar-refractivity contribution in [2.24, 2.45) is 0 Å². The van der Waals surface area contributed by atoms with Crippen molar-refractivity contribution >= 4 is 28.2 Å². The van der Waals surface area contributed by atoms with Crippen molar-refractivity contribution in [3.05, 3.63) is 66.5 Å². The highest BCUT2D eigenvalue weighted by Gasteiger charge is 2.22. The molecule has 3 nitrogen and oxygen atoms in total. The van der Waals surface area contributed by atoms with E-state index in [1.54, 1.807) is 11.8 Å². The number of rotatable bonds is 5. The van der Waals surface area contributed by atoms with Gasteiger partial charge in [0.15, 0.2) is 0 Å². The second-order valence-corrected chi connectivity index (χ2v) is 7.50. The third-order valence-electron chi connectivity index (χ3n) is 4.88. The molecule has 0 radical (unpaired) electrons. The summed E-state index contributed by atoms with van der Waals surface area (Å²) >= 11 is 1.79. The summed E-state index contributed by atoms with van der Waals surface area (Å²) in [5, 5.41) is 6.19. The summed E-state index contributed by atoms with van der Waals surface area (Å²) in [4.78, 5) is 8.09. The summed E-state index contributed by atoms with van der Waals surface area (Å²) in [5.41, 5.74) is 2.62. The van der Waals surface area contributed by atoms with Crippen LogP contribution in [0.3, 0.4) is 0 Å². The Bertz CT molecular complexity index is 842. The normalized spacial score (nSPS) is 17.9. The van der Waals surface area contributed by atoms with Crippen molar-refractivity contribution in [2.45, 2.75) is 23.9 Å². The molecule has 2 heterocycles. The van der Waals surface area contributed by atoms with Crippen LogP contribution in [0.1, 0.15) is 12.0 Å². The van der Waals surface area contributed by atoms with Crippen molar-refractivity contribution in [3.63, 3.8) is 0 Å². The van der Waals surface area contributed by atoms with E-state index < -0.39 is 0 Å². The molecule has 0 spiro atoms. The Morgan fingerprint density at radius 3 is 2.88 bits per heavy atom. The number of hydrogen-bond acceptors (Lipinski definition) is 4. The molecule has 0 unspecified atom stereocenters. The lowest BCUT2D eigenvalue weighted by molar-refractivity contribution is 0.328. The molecule has 1 N–H and O–H groups in total. The maximum atomic E-state index is 4.22. The quantitative estimate of drug-likeness (QED) is 0.679. The molecule has 25 heavy (non-hydrogen) atoms. The molecule has 4 heteroatoms. The van der Waals surface area contributed by atoms with Crippen LogP contribution in [0.4, 0.5) is 5.69 Å². The van der Waals surface area contributed by atoms with E-state index in [4.69, 9.17) is 0 Å². The summed E-state index contributed by atoms with van der Waals surface area (Å²) in [7, 11) is 0. The number of anilines is 1. The number of fused-ring (bicyclic) bond motifs is 1. The van der Waals surface area contributed by atoms with E-state index in [9.17, 15) is 0 Å². The summed E-state index contributed by atoms with van der Waals surface area (Å²) in [6.07, 6.45) is 7.10. The summed E-state index contributed by atoms with van der Waals surface area (Å²) in [6, 6.07) is 17.9. The largest absolute Gasteiger partial charge is 0.380 e. The van der Waals surface area contributed by atoms with Gasteiger partial charge in [0.1, 0.15) is 0 Å². The average Bonchev–Trinajstić information content (AvgIpc) is 3.09. The SMILES string of the molecule is CSc1ccc(CN2CC[C@@H](Nc3cccc4cnccc34)C2)cc1. The molecule has 1 saturated heterocycles. The molecule has 1 fully saturated rings. The maximum Gasteiger partial charge on any atom is 0.0423 e. The standard InChI is InChI=1S/C21H23N3S/c1-25-19-7-5-16(6-8-19)14-24-12-10-18(15-24)23-21-4-2-3-17-13-22-11-9-20(17)21/h2-9,11,13,18,23H,10,12,14-15H2,1H3/t18-/m1/s1. The molecule has 0 bridgehead atoms. The molecule has 1 aliphatic heterocycles. The predicted octanol–water partition coefficient (Wildman–Crippen LogP) is 4.64. The minimum Gasteiger partial charge on any atom is -0.380 e. The van der Waals surface area contributed by atoms with Gasteiger partial charge in [0, 0.05) is 59.4 Å². The van der Waals surface area contributed by atoms with Gasteiger partial charge in [-0.05, 0) is 42.5 Å². The van der Waals surface area contributed by atoms with Gasteiger partial charge in [-0.3, -0.25) is 9.88 Å². The molecule has 0 saturated carbocycles. The minimum atomic E-state index is 0.504. The first kappa shape index (κ1) is 16.4. The third kappa shape index (κ3) is 3.80. The molecule has 0 amide bonds. The summed E-state index contributed by atoms with van der Waals surface area (Å²) in [5.74, 6) is 0. The molecular formula is C21H23N3S. The van der Waals surface area contributed by atoms with Crippen LogP contribution < -0.4 is 5.32 Å². The first-order valence-corrected chi connectivity index (χ1v) is 9.99. The number of aromatic nitrogens is 1. The zero-order valence-electron chi connectivity index (χ0n) is 14.5. The van der Waals surface area contributed by atoms with E-state index >= 15 is 0 Å². The van der Waals surface area contributed by atoms with Gasteiger partial charge in [0.2, 0.25) is 0 Å². The molecular weight excluding hydrogens is 326 g/mol. The van der Waals surface area contributed by atoms with Gasteiger partial charge in [-0.15, -0.1) is 11.8 Å². The van der Waals surface area contributed by atoms with Crippen LogP contribution in [-0.2, 0) is 6.54 Å². The zero-order valence-corrected chi connectivity index (χ0v) is 15.3. The minimum absolute atomic E-state index is 0.504. The van der Waals surface area contributed by atoms with Crippen LogP contribution in [0.5, 0.6) is 0 Å². The Morgan fingerprint density at radius 1 is 1.16 bits per heavy atom. The van der Waals surface area contributed by atoms with Crippen LogP contribution in [-0.4, -0.2) is 35.3 Å². The fourth-order valence-electron chi connectivity index (χ4n) is 3.55. The Kier molecular flexibility index (Phi) is 4.90. The second kappa shape index (κ2) is 7.46. The van der Waals surface area contributed by atoms with Crippen LogP contribution in [0.15, 0.2) is 65.8 Å². The van der Waals surface area contributed by atoms with Crippen molar-refractivity contribution in [3.8, 4) is 0 Å². The van der Waals surface area contributed by atoms with Gasteiger partial charge in [0.25, 0.3) is 0 Å². The molecule has 2 aromatic carbocycles. The van der Waals surface area contributed by atoms with Crippen LogP contribution in [0.2, 0.25) is 0 Å². The monoisotopic (exact) mass is 349 g/mol. The fraction of sp³-hybridized carbons (Fsp3) is 0.286. The van der Waals surface area contributed by atoms with Gasteiger partial charge in [-0.1, -0.05) is 24.3 Å². The van der Waals surface area contributed by atoms with Gasteiger partial charge in [0.05, 0.1) is 0 Å². The van der Waals surface area contributed by atoms with Gasteiger partial charge >= 0.3 is 0 Å². The van der Waals surface area contributed by atoms with E-state index in [0.29, 0.717) is 6.04 Å². The van der Waals surface area contributed by atoms with Crippen molar-refractivity contribution < 1.29 is 0 Å². The average molecular weight is 350 g/mol. The Morgan fingerprint density at radius 2 is 2.04 bits per heavy atom. The fourth-order valence-corrected chi connectivity index (χ4v) is 3.96. The lowest BCUT2D eigenvalue weighted by Crippen LogP contribution is -2.26. The first-order valence-electron chi connectivity index (χ1n) is 8.76. The number of pyridine rings is 1. The van der Waals surface area contributed by atoms with Gasteiger partial charge in [-0.25, -0.2) is 0 Å². The zero-order chi connectivity index (χ0) is 17.1. The van der Waals surface area contributed by atoms with E-state index in [0.717, 1.165) is 19.6 Å². The Labute approximate surface area is 153 Å². The highest BCUT2D eigenvalue weighted by Crippen LogP contribution is 2.25. The Balaban J connectivity index is 1.40. The highest BCUT2D eigenvalue weighted by molar-refractivity contribution is 7.98. The molecule has 4 rings (SSSR count). The smallest absolute Gasteiger partial charge is 0.0423 e. The number of likely N-dealkylation sites (tertiary alicyclic amines) is 1. The van der Waals surface area contributed by atoms with E-state index in [-0.39, 0.29) is 0 Å². The van der Waals surface area contributed by atoms with Crippen LogP contribution >= 0.6 is 11.8 Å². The number of thioether (sulfide) groups is 1. The molecule has 0 aliphatic carbocycles. The molecule has 3 aromatic rings. The lowest BCUT2D eigenvalue weighted by atomic mass is 10.1. The third-order valence-corrected chi connectivity index (χ3v) is 5.62. The molecule has 1 aliphatic rings. The number of benzene rings is 2. The highest BCUT2D eigenvalue weighted by atomic mass is 32.2. The van der Waals surface area contributed by atoms with Crippen molar-refractivity contribution in [2.75, 3.05) is 24.7 Å². The van der Waals surface area contributed by atoms with E-state index in [1.807, 2.05) is 12.4 Å². The van der Waals surface area contributed by atoms with Crippen LogP contribution in [0, 0.1) is 0 Å². The summed E-state index contributed by atoms with van der Waals surface area (Å²) < 4.78 is 0. The Hall–Kier alpha value is -2.04. The van der Waals surface area contributed by atoms with Crippen molar-refractivity contribution in [1.29, 1.82) is 0 Å². The first-order chi connectivity index (χ1) is 12.3. The van der Waals surface area contributed by atoms with Crippen molar-refractivity contribution in [1.82, 2.24) is 9.88 Å². The predicted molar refractivity (Wildman–Crippen MR) is 107 cm³/mol. The van der Waals surface area contributed by atoms with E-state index in [1.165, 1.54) is 33.3 Å². The maximum absolute atomic E-state index is 4.22. The molecule has 1 atom stereocenters.